The normalized spacial score (nSPS) is 29.8. The molecule has 4 atom stereocenters. The molecule has 1 saturated heterocycles. The number of allylic oxidation sites excluding steroid dienone is 2. The van der Waals surface area contributed by atoms with Crippen LogP contribution in [-0.2, 0) is 16.1 Å². The second-order valence-corrected chi connectivity index (χ2v) is 9.08. The summed E-state index contributed by atoms with van der Waals surface area (Å²) in [7, 11) is 4.35. The molecule has 1 aromatic rings. The lowest BCUT2D eigenvalue weighted by Gasteiger charge is -2.32. The van der Waals surface area contributed by atoms with Crippen molar-refractivity contribution in [2.45, 2.75) is 26.8 Å². The van der Waals surface area contributed by atoms with Gasteiger partial charge in [-0.1, -0.05) is 35.9 Å². The summed E-state index contributed by atoms with van der Waals surface area (Å²) in [6, 6.07) is 6.57. The van der Waals surface area contributed by atoms with Crippen LogP contribution >= 0.6 is 0 Å². The summed E-state index contributed by atoms with van der Waals surface area (Å²) >= 11 is 0. The minimum Gasteiger partial charge on any atom is -0.323 e. The van der Waals surface area contributed by atoms with E-state index in [9.17, 15) is 9.59 Å². The van der Waals surface area contributed by atoms with E-state index in [-0.39, 0.29) is 23.7 Å². The molecule has 2 aliphatic carbocycles. The molecule has 4 nitrogen and oxygen atoms in total. The second-order valence-electron chi connectivity index (χ2n) is 9.08. The van der Waals surface area contributed by atoms with Gasteiger partial charge in [-0.2, -0.15) is 0 Å². The lowest BCUT2D eigenvalue weighted by atomic mass is 9.85. The van der Waals surface area contributed by atoms with Crippen LogP contribution in [0.2, 0.25) is 0 Å². The standard InChI is InChI=1S/C22H29N2O2/c1-14-5-6-18(15(2)11-14)13-24(3,4)10-9-23-21(25)19-16-7-8-17(12-16)20(19)22(23)26/h5-8,11,16-17,19-20H,9-10,12-13H2,1-4H3/q+1/t16-,17+,19-,20+. The molecule has 4 heteroatoms. The molecular weight excluding hydrogens is 324 g/mol. The van der Waals surface area contributed by atoms with Gasteiger partial charge in [-0.15, -0.1) is 0 Å². The Bertz CT molecular complexity index is 765. The Morgan fingerprint density at radius 1 is 1.04 bits per heavy atom. The van der Waals surface area contributed by atoms with E-state index in [1.807, 2.05) is 0 Å². The number of nitrogens with zero attached hydrogens (tertiary/aromatic N) is 2. The topological polar surface area (TPSA) is 37.4 Å². The number of hydrogen-bond donors (Lipinski definition) is 0. The molecule has 0 radical (unpaired) electrons. The van der Waals surface area contributed by atoms with Crippen molar-refractivity contribution in [1.29, 1.82) is 0 Å². The van der Waals surface area contributed by atoms with Gasteiger partial charge in [-0.25, -0.2) is 0 Å². The lowest BCUT2D eigenvalue weighted by Crippen LogP contribution is -2.46. The number of imide groups is 1. The van der Waals surface area contributed by atoms with Crippen LogP contribution in [-0.4, -0.2) is 48.4 Å². The second kappa shape index (κ2) is 6.05. The van der Waals surface area contributed by atoms with Gasteiger partial charge in [0.25, 0.3) is 0 Å². The molecule has 0 N–H and O–H groups in total. The van der Waals surface area contributed by atoms with E-state index in [1.54, 1.807) is 4.90 Å². The lowest BCUT2D eigenvalue weighted by molar-refractivity contribution is -0.902. The molecule has 1 saturated carbocycles. The van der Waals surface area contributed by atoms with Gasteiger partial charge in [0.05, 0.1) is 39.0 Å². The zero-order chi connectivity index (χ0) is 18.6. The van der Waals surface area contributed by atoms with Crippen LogP contribution in [0.1, 0.15) is 23.1 Å². The molecule has 1 aromatic carbocycles. The number of hydrogen-bond acceptors (Lipinski definition) is 2. The van der Waals surface area contributed by atoms with E-state index < -0.39 is 0 Å². The van der Waals surface area contributed by atoms with Crippen molar-refractivity contribution in [2.75, 3.05) is 27.2 Å². The number of carbonyl (C=O) groups is 2. The highest BCUT2D eigenvalue weighted by Crippen LogP contribution is 2.52. The first-order chi connectivity index (χ1) is 12.3. The van der Waals surface area contributed by atoms with Gasteiger partial charge >= 0.3 is 0 Å². The Hall–Kier alpha value is -1.94. The number of benzene rings is 1. The Morgan fingerprint density at radius 3 is 2.23 bits per heavy atom. The maximum absolute atomic E-state index is 12.8. The van der Waals surface area contributed by atoms with Gasteiger partial charge in [0.2, 0.25) is 11.8 Å². The Kier molecular flexibility index (Phi) is 4.07. The first-order valence-electron chi connectivity index (χ1n) is 9.68. The van der Waals surface area contributed by atoms with Crippen molar-refractivity contribution in [1.82, 2.24) is 4.90 Å². The largest absolute Gasteiger partial charge is 0.323 e. The average molecular weight is 353 g/mol. The number of amides is 2. The van der Waals surface area contributed by atoms with Gasteiger partial charge in [0.15, 0.2) is 0 Å². The quantitative estimate of drug-likeness (QED) is 0.464. The Labute approximate surface area is 156 Å². The van der Waals surface area contributed by atoms with Crippen molar-refractivity contribution >= 4 is 11.8 Å². The molecule has 138 valence electrons. The van der Waals surface area contributed by atoms with E-state index in [2.05, 4.69) is 58.3 Å². The van der Waals surface area contributed by atoms with Gasteiger partial charge < -0.3 is 4.48 Å². The molecule has 4 rings (SSSR count). The van der Waals surface area contributed by atoms with Crippen LogP contribution < -0.4 is 0 Å². The summed E-state index contributed by atoms with van der Waals surface area (Å²) in [6.45, 7) is 6.48. The van der Waals surface area contributed by atoms with Crippen LogP contribution in [0.3, 0.4) is 0 Å². The highest BCUT2D eigenvalue weighted by atomic mass is 16.2. The molecule has 1 heterocycles. The van der Waals surface area contributed by atoms with Crippen molar-refractivity contribution in [3.05, 3.63) is 47.0 Å². The summed E-state index contributed by atoms with van der Waals surface area (Å²) in [5.74, 6) is 0.583. The molecule has 26 heavy (non-hydrogen) atoms. The number of aryl methyl sites for hydroxylation is 2. The molecule has 2 amide bonds. The zero-order valence-corrected chi connectivity index (χ0v) is 16.2. The predicted molar refractivity (Wildman–Crippen MR) is 101 cm³/mol. The van der Waals surface area contributed by atoms with Crippen LogP contribution in [0, 0.1) is 37.5 Å². The third kappa shape index (κ3) is 2.81. The van der Waals surface area contributed by atoms with Crippen LogP contribution in [0.25, 0.3) is 0 Å². The van der Waals surface area contributed by atoms with Crippen LogP contribution in [0.5, 0.6) is 0 Å². The summed E-state index contributed by atoms with van der Waals surface area (Å²) in [6.07, 6.45) is 5.30. The maximum Gasteiger partial charge on any atom is 0.233 e. The van der Waals surface area contributed by atoms with E-state index in [0.717, 1.165) is 24.0 Å². The van der Waals surface area contributed by atoms with Gasteiger partial charge in [0.1, 0.15) is 6.54 Å². The number of fused-ring (bicyclic) bond motifs is 5. The number of carbonyl (C=O) groups excluding carboxylic acids is 2. The van der Waals surface area contributed by atoms with Crippen molar-refractivity contribution in [3.63, 3.8) is 0 Å². The van der Waals surface area contributed by atoms with Crippen molar-refractivity contribution in [2.24, 2.45) is 23.7 Å². The minimum atomic E-state index is -0.0764. The molecule has 0 aromatic heterocycles. The molecule has 1 aliphatic heterocycles. The highest BCUT2D eigenvalue weighted by molar-refractivity contribution is 6.06. The average Bonchev–Trinajstić information content (AvgIpc) is 3.23. The van der Waals surface area contributed by atoms with E-state index in [0.29, 0.717) is 18.4 Å². The zero-order valence-electron chi connectivity index (χ0n) is 16.2. The van der Waals surface area contributed by atoms with E-state index in [4.69, 9.17) is 0 Å². The molecule has 0 spiro atoms. The molecule has 2 fully saturated rings. The summed E-state index contributed by atoms with van der Waals surface area (Å²) in [4.78, 5) is 27.2. The fraction of sp³-hybridized carbons (Fsp3) is 0.545. The fourth-order valence-corrected chi connectivity index (χ4v) is 5.12. The van der Waals surface area contributed by atoms with Gasteiger partial charge in [-0.3, -0.25) is 14.5 Å². The predicted octanol–water partition coefficient (Wildman–Crippen LogP) is 2.69. The smallest absolute Gasteiger partial charge is 0.233 e. The third-order valence-electron chi connectivity index (χ3n) is 6.59. The first-order valence-corrected chi connectivity index (χ1v) is 9.68. The number of likely N-dealkylation sites (tertiary alicyclic amines) is 1. The maximum atomic E-state index is 12.8. The molecule has 3 aliphatic rings. The Morgan fingerprint density at radius 2 is 1.65 bits per heavy atom. The molecule has 0 unspecified atom stereocenters. The van der Waals surface area contributed by atoms with Crippen LogP contribution in [0.4, 0.5) is 0 Å². The summed E-state index contributed by atoms with van der Waals surface area (Å²) < 4.78 is 0.765. The Balaban J connectivity index is 1.42. The minimum absolute atomic E-state index is 0.0726. The van der Waals surface area contributed by atoms with Crippen molar-refractivity contribution < 1.29 is 14.1 Å². The van der Waals surface area contributed by atoms with Gasteiger partial charge in [0, 0.05) is 5.56 Å². The fourth-order valence-electron chi connectivity index (χ4n) is 5.12. The van der Waals surface area contributed by atoms with E-state index >= 15 is 0 Å². The highest BCUT2D eigenvalue weighted by Gasteiger charge is 2.59. The third-order valence-corrected chi connectivity index (χ3v) is 6.59. The summed E-state index contributed by atoms with van der Waals surface area (Å²) in [5, 5.41) is 0. The molecular formula is C22H29N2O2+. The number of rotatable bonds is 5. The number of likely N-dealkylation sites (N-methyl/N-ethyl adjacent to an activating group) is 1. The first kappa shape index (κ1) is 17.5. The SMILES string of the molecule is Cc1ccc(C[N+](C)(C)CCN2C(=O)[C@@H]3[C@H](C2=O)[C@@H]2C=C[C@H]3C2)c(C)c1. The monoisotopic (exact) mass is 353 g/mol. The van der Waals surface area contributed by atoms with E-state index in [1.165, 1.54) is 16.7 Å². The molecule has 2 bridgehead atoms. The van der Waals surface area contributed by atoms with Gasteiger partial charge in [-0.05, 0) is 37.7 Å². The van der Waals surface area contributed by atoms with Crippen molar-refractivity contribution in [3.8, 4) is 0 Å². The summed E-state index contributed by atoms with van der Waals surface area (Å²) in [5.41, 5.74) is 3.92. The number of quaternary nitrogens is 1. The van der Waals surface area contributed by atoms with Crippen LogP contribution in [0.15, 0.2) is 30.4 Å².